The molecule has 1 unspecified atom stereocenters. The number of primary amides is 1. The molecule has 0 bridgehead atoms. The molecular formula is C20H25N3O3. The second-order valence-electron chi connectivity index (χ2n) is 6.18. The van der Waals surface area contributed by atoms with Crippen LogP contribution in [0.1, 0.15) is 40.1 Å². The van der Waals surface area contributed by atoms with Crippen LogP contribution in [-0.2, 0) is 6.54 Å². The van der Waals surface area contributed by atoms with Crippen molar-refractivity contribution in [1.29, 1.82) is 0 Å². The number of nitrogens with two attached hydrogens (primary N) is 1. The molecule has 0 aliphatic rings. The number of carbonyl (C=O) groups is 2. The van der Waals surface area contributed by atoms with Gasteiger partial charge in [0.2, 0.25) is 0 Å². The molecule has 0 aliphatic carbocycles. The van der Waals surface area contributed by atoms with Gasteiger partial charge in [0.1, 0.15) is 0 Å². The first-order chi connectivity index (χ1) is 12.4. The summed E-state index contributed by atoms with van der Waals surface area (Å²) >= 11 is 0. The molecule has 0 heterocycles. The lowest BCUT2D eigenvalue weighted by atomic mass is 10.1. The third-order valence-corrected chi connectivity index (χ3v) is 4.19. The van der Waals surface area contributed by atoms with Crippen LogP contribution in [0.25, 0.3) is 0 Å². The molecular weight excluding hydrogens is 330 g/mol. The summed E-state index contributed by atoms with van der Waals surface area (Å²) in [7, 11) is 0. The predicted molar refractivity (Wildman–Crippen MR) is 101 cm³/mol. The second kappa shape index (κ2) is 9.01. The number of likely N-dealkylation sites (N-methyl/N-ethyl adjacent to an activating group) is 1. The zero-order valence-electron chi connectivity index (χ0n) is 15.1. The number of hydrogen-bond acceptors (Lipinski definition) is 3. The molecule has 0 radical (unpaired) electrons. The molecule has 138 valence electrons. The molecule has 6 heteroatoms. The Morgan fingerprint density at radius 2 is 1.73 bits per heavy atom. The van der Waals surface area contributed by atoms with E-state index in [1.165, 1.54) is 0 Å². The van der Waals surface area contributed by atoms with Crippen molar-refractivity contribution in [2.75, 3.05) is 13.1 Å². The molecule has 3 amide bonds. The normalized spacial score (nSPS) is 11.7. The molecule has 4 N–H and O–H groups in total. The fourth-order valence-corrected chi connectivity index (χ4v) is 2.60. The van der Waals surface area contributed by atoms with Gasteiger partial charge in [-0.2, -0.15) is 0 Å². The topological polar surface area (TPSA) is 95.7 Å². The predicted octanol–water partition coefficient (Wildman–Crippen LogP) is 2.36. The molecule has 1 atom stereocenters. The molecule has 0 aliphatic heterocycles. The average Bonchev–Trinajstić information content (AvgIpc) is 2.64. The van der Waals surface area contributed by atoms with E-state index in [0.717, 1.165) is 16.7 Å². The highest BCUT2D eigenvalue weighted by Gasteiger charge is 2.18. The van der Waals surface area contributed by atoms with E-state index < -0.39 is 12.1 Å². The number of aryl methyl sites for hydroxylation is 1. The lowest BCUT2D eigenvalue weighted by molar-refractivity contribution is 0.0635. The molecule has 2 aromatic carbocycles. The van der Waals surface area contributed by atoms with Crippen LogP contribution in [0.4, 0.5) is 4.79 Å². The Morgan fingerprint density at radius 3 is 2.27 bits per heavy atom. The summed E-state index contributed by atoms with van der Waals surface area (Å²) in [5, 5.41) is 12.9. The van der Waals surface area contributed by atoms with Gasteiger partial charge in [-0.15, -0.1) is 0 Å². The maximum atomic E-state index is 12.7. The van der Waals surface area contributed by atoms with Crippen LogP contribution in [0.3, 0.4) is 0 Å². The fourth-order valence-electron chi connectivity index (χ4n) is 2.60. The number of nitrogens with one attached hydrogen (secondary N) is 1. The molecule has 2 aromatic rings. The van der Waals surface area contributed by atoms with E-state index in [1.807, 2.05) is 38.1 Å². The Labute approximate surface area is 153 Å². The molecule has 0 saturated carbocycles. The standard InChI is InChI=1S/C20H25N3O3/c1-3-23(13-18(24)16-8-4-14(2)5-9-16)19(25)17-10-6-15(7-11-17)12-22-20(21)26/h4-11,18,24H,3,12-13H2,1-2H3,(H3,21,22,26). The van der Waals surface area contributed by atoms with Crippen molar-refractivity contribution >= 4 is 11.9 Å². The zero-order valence-corrected chi connectivity index (χ0v) is 15.1. The lowest BCUT2D eigenvalue weighted by Crippen LogP contribution is -2.34. The number of benzene rings is 2. The number of urea groups is 1. The molecule has 0 spiro atoms. The van der Waals surface area contributed by atoms with Gasteiger partial charge < -0.3 is 21.1 Å². The van der Waals surface area contributed by atoms with Gasteiger partial charge in [0, 0.05) is 18.7 Å². The van der Waals surface area contributed by atoms with Crippen molar-refractivity contribution in [3.63, 3.8) is 0 Å². The van der Waals surface area contributed by atoms with E-state index in [1.54, 1.807) is 29.2 Å². The van der Waals surface area contributed by atoms with Crippen LogP contribution in [0.5, 0.6) is 0 Å². The van der Waals surface area contributed by atoms with Crippen molar-refractivity contribution in [2.45, 2.75) is 26.5 Å². The SMILES string of the molecule is CCN(CC(O)c1ccc(C)cc1)C(=O)c1ccc(CNC(N)=O)cc1. The minimum absolute atomic E-state index is 0.145. The van der Waals surface area contributed by atoms with Crippen molar-refractivity contribution < 1.29 is 14.7 Å². The van der Waals surface area contributed by atoms with Gasteiger partial charge >= 0.3 is 6.03 Å². The molecule has 2 rings (SSSR count). The number of rotatable bonds is 7. The average molecular weight is 355 g/mol. The maximum Gasteiger partial charge on any atom is 0.312 e. The van der Waals surface area contributed by atoms with Gasteiger partial charge in [0.05, 0.1) is 12.6 Å². The van der Waals surface area contributed by atoms with Crippen LogP contribution in [-0.4, -0.2) is 35.0 Å². The van der Waals surface area contributed by atoms with Crippen LogP contribution in [0.2, 0.25) is 0 Å². The monoisotopic (exact) mass is 355 g/mol. The van der Waals surface area contributed by atoms with Crippen molar-refractivity contribution in [3.05, 3.63) is 70.8 Å². The van der Waals surface area contributed by atoms with Crippen molar-refractivity contribution in [3.8, 4) is 0 Å². The van der Waals surface area contributed by atoms with E-state index in [-0.39, 0.29) is 12.5 Å². The van der Waals surface area contributed by atoms with Crippen LogP contribution in [0, 0.1) is 6.92 Å². The Bertz CT molecular complexity index is 742. The first kappa shape index (κ1) is 19.5. The number of hydrogen-bond donors (Lipinski definition) is 3. The van der Waals surface area contributed by atoms with E-state index in [2.05, 4.69) is 5.32 Å². The quantitative estimate of drug-likeness (QED) is 0.711. The Kier molecular flexibility index (Phi) is 6.74. The van der Waals surface area contributed by atoms with Crippen molar-refractivity contribution in [2.24, 2.45) is 5.73 Å². The summed E-state index contributed by atoms with van der Waals surface area (Å²) in [4.78, 5) is 25.1. The second-order valence-corrected chi connectivity index (χ2v) is 6.18. The zero-order chi connectivity index (χ0) is 19.1. The van der Waals surface area contributed by atoms with Gasteiger partial charge in [-0.25, -0.2) is 4.79 Å². The Morgan fingerprint density at radius 1 is 1.12 bits per heavy atom. The van der Waals surface area contributed by atoms with Crippen LogP contribution >= 0.6 is 0 Å². The summed E-state index contributed by atoms with van der Waals surface area (Å²) in [6.07, 6.45) is -0.737. The summed E-state index contributed by atoms with van der Waals surface area (Å²) in [5.74, 6) is -0.145. The minimum atomic E-state index is -0.737. The van der Waals surface area contributed by atoms with E-state index in [9.17, 15) is 14.7 Å². The number of amides is 3. The number of aliphatic hydroxyl groups is 1. The Balaban J connectivity index is 2.03. The summed E-state index contributed by atoms with van der Waals surface area (Å²) < 4.78 is 0. The molecule has 26 heavy (non-hydrogen) atoms. The summed E-state index contributed by atoms with van der Waals surface area (Å²) in [5.41, 5.74) is 8.33. The molecule has 0 fully saturated rings. The van der Waals surface area contributed by atoms with Gasteiger partial charge in [0.25, 0.3) is 5.91 Å². The summed E-state index contributed by atoms with van der Waals surface area (Å²) in [6.45, 7) is 4.90. The lowest BCUT2D eigenvalue weighted by Gasteiger charge is -2.24. The molecule has 0 aromatic heterocycles. The smallest absolute Gasteiger partial charge is 0.312 e. The minimum Gasteiger partial charge on any atom is -0.387 e. The maximum absolute atomic E-state index is 12.7. The highest BCUT2D eigenvalue weighted by molar-refractivity contribution is 5.94. The van der Waals surface area contributed by atoms with Crippen LogP contribution in [0.15, 0.2) is 48.5 Å². The third-order valence-electron chi connectivity index (χ3n) is 4.19. The van der Waals surface area contributed by atoms with E-state index in [4.69, 9.17) is 5.73 Å². The summed E-state index contributed by atoms with van der Waals surface area (Å²) in [6, 6.07) is 14.0. The first-order valence-electron chi connectivity index (χ1n) is 8.57. The van der Waals surface area contributed by atoms with Gasteiger partial charge in [-0.05, 0) is 37.1 Å². The van der Waals surface area contributed by atoms with Gasteiger partial charge in [-0.1, -0.05) is 42.0 Å². The fraction of sp³-hybridized carbons (Fsp3) is 0.300. The van der Waals surface area contributed by atoms with Crippen LogP contribution < -0.4 is 11.1 Å². The van der Waals surface area contributed by atoms with Crippen molar-refractivity contribution in [1.82, 2.24) is 10.2 Å². The van der Waals surface area contributed by atoms with E-state index >= 15 is 0 Å². The molecule has 6 nitrogen and oxygen atoms in total. The van der Waals surface area contributed by atoms with E-state index in [0.29, 0.717) is 18.7 Å². The number of carbonyl (C=O) groups excluding carboxylic acids is 2. The Hall–Kier alpha value is -2.86. The van der Waals surface area contributed by atoms with Gasteiger partial charge in [0.15, 0.2) is 0 Å². The highest BCUT2D eigenvalue weighted by Crippen LogP contribution is 2.17. The largest absolute Gasteiger partial charge is 0.387 e. The number of aliphatic hydroxyl groups excluding tert-OH is 1. The third kappa shape index (κ3) is 5.32. The molecule has 0 saturated heterocycles. The first-order valence-corrected chi connectivity index (χ1v) is 8.57. The van der Waals surface area contributed by atoms with Gasteiger partial charge in [-0.3, -0.25) is 4.79 Å². The number of nitrogens with zero attached hydrogens (tertiary/aromatic N) is 1. The highest BCUT2D eigenvalue weighted by atomic mass is 16.3.